The molecule has 1 aliphatic heterocycles. The van der Waals surface area contributed by atoms with E-state index in [2.05, 4.69) is 39.2 Å². The predicted octanol–water partition coefficient (Wildman–Crippen LogP) is 3.34. The zero-order valence-corrected chi connectivity index (χ0v) is 16.9. The highest BCUT2D eigenvalue weighted by atomic mass is 35.5. The van der Waals surface area contributed by atoms with Crippen LogP contribution in [0.3, 0.4) is 0 Å². The molecule has 1 aliphatic rings. The van der Waals surface area contributed by atoms with Crippen molar-refractivity contribution in [2.24, 2.45) is 4.99 Å². The van der Waals surface area contributed by atoms with Crippen LogP contribution in [0, 0.1) is 0 Å². The maximum absolute atomic E-state index is 5.91. The number of guanidine groups is 1. The Balaban J connectivity index is 1.53. The van der Waals surface area contributed by atoms with Crippen molar-refractivity contribution in [2.45, 2.75) is 25.0 Å². The van der Waals surface area contributed by atoms with E-state index in [1.807, 2.05) is 43.1 Å². The zero-order chi connectivity index (χ0) is 18.6. The third kappa shape index (κ3) is 4.92. The molecule has 6 nitrogen and oxygen atoms in total. The summed E-state index contributed by atoms with van der Waals surface area (Å²) in [5.74, 6) is 3.22. The second kappa shape index (κ2) is 8.31. The number of nitrogens with zero attached hydrogens (tertiary/aromatic N) is 4. The second-order valence-electron chi connectivity index (χ2n) is 6.77. The van der Waals surface area contributed by atoms with Crippen molar-refractivity contribution in [1.82, 2.24) is 20.4 Å². The standard InChI is InChI=1S/C18H24ClN5OS/c1-18(2)12-24(10-11-26-18)17(20-3)21-9-8-15-22-16(23-25-15)13-4-6-14(19)7-5-13/h4-7H,8-12H2,1-3H3,(H,20,21). The molecule has 140 valence electrons. The third-order valence-corrected chi connectivity index (χ3v) is 5.68. The largest absolute Gasteiger partial charge is 0.356 e. The monoisotopic (exact) mass is 393 g/mol. The minimum atomic E-state index is 0.246. The number of thioether (sulfide) groups is 1. The predicted molar refractivity (Wildman–Crippen MR) is 108 cm³/mol. The Labute approximate surface area is 163 Å². The molecule has 8 heteroatoms. The van der Waals surface area contributed by atoms with E-state index in [9.17, 15) is 0 Å². The van der Waals surface area contributed by atoms with E-state index in [1.54, 1.807) is 0 Å². The first kappa shape index (κ1) is 19.0. The lowest BCUT2D eigenvalue weighted by atomic mass is 10.2. The highest BCUT2D eigenvalue weighted by Gasteiger charge is 2.28. The molecule has 26 heavy (non-hydrogen) atoms. The minimum Gasteiger partial charge on any atom is -0.356 e. The minimum absolute atomic E-state index is 0.246. The van der Waals surface area contributed by atoms with Gasteiger partial charge in [-0.05, 0) is 38.1 Å². The molecule has 0 aliphatic carbocycles. The van der Waals surface area contributed by atoms with Crippen LogP contribution in [0.2, 0.25) is 5.02 Å². The lowest BCUT2D eigenvalue weighted by Crippen LogP contribution is -2.51. The quantitative estimate of drug-likeness (QED) is 0.634. The number of aliphatic imine (C=N–C) groups is 1. The zero-order valence-electron chi connectivity index (χ0n) is 15.3. The number of aromatic nitrogens is 2. The summed E-state index contributed by atoms with van der Waals surface area (Å²) in [4.78, 5) is 11.2. The van der Waals surface area contributed by atoms with Gasteiger partial charge in [0.1, 0.15) is 0 Å². The van der Waals surface area contributed by atoms with E-state index in [0.29, 0.717) is 29.7 Å². The summed E-state index contributed by atoms with van der Waals surface area (Å²) >= 11 is 7.92. The van der Waals surface area contributed by atoms with Gasteiger partial charge < -0.3 is 14.7 Å². The molecule has 0 amide bonds. The molecule has 2 heterocycles. The van der Waals surface area contributed by atoms with Crippen LogP contribution in [0.25, 0.3) is 11.4 Å². The Morgan fingerprint density at radius 3 is 2.85 bits per heavy atom. The molecule has 2 aromatic rings. The second-order valence-corrected chi connectivity index (χ2v) is 9.01. The molecular weight excluding hydrogens is 370 g/mol. The molecule has 0 radical (unpaired) electrons. The molecule has 1 N–H and O–H groups in total. The fraction of sp³-hybridized carbons (Fsp3) is 0.500. The van der Waals surface area contributed by atoms with Crippen molar-refractivity contribution < 1.29 is 4.52 Å². The number of halogens is 1. The normalized spacial score (nSPS) is 17.4. The van der Waals surface area contributed by atoms with Crippen molar-refractivity contribution in [2.75, 3.05) is 32.4 Å². The van der Waals surface area contributed by atoms with E-state index in [0.717, 1.165) is 30.4 Å². The van der Waals surface area contributed by atoms with Gasteiger partial charge in [-0.15, -0.1) is 0 Å². The third-order valence-electron chi connectivity index (χ3n) is 4.13. The summed E-state index contributed by atoms with van der Waals surface area (Å²) in [5, 5.41) is 8.13. The summed E-state index contributed by atoms with van der Waals surface area (Å²) in [5.41, 5.74) is 0.890. The van der Waals surface area contributed by atoms with Gasteiger partial charge in [0.25, 0.3) is 0 Å². The molecule has 1 saturated heterocycles. The first-order valence-corrected chi connectivity index (χ1v) is 10.0. The molecule has 0 atom stereocenters. The van der Waals surface area contributed by atoms with Crippen LogP contribution in [0.1, 0.15) is 19.7 Å². The Morgan fingerprint density at radius 2 is 2.15 bits per heavy atom. The molecule has 3 rings (SSSR count). The molecule has 0 unspecified atom stereocenters. The van der Waals surface area contributed by atoms with Crippen molar-refractivity contribution in [3.05, 3.63) is 35.2 Å². The summed E-state index contributed by atoms with van der Waals surface area (Å²) in [6.45, 7) is 7.23. The van der Waals surface area contributed by atoms with Gasteiger partial charge in [0.05, 0.1) is 0 Å². The summed E-state index contributed by atoms with van der Waals surface area (Å²) in [7, 11) is 1.82. The Kier molecular flexibility index (Phi) is 6.09. The topological polar surface area (TPSA) is 66.5 Å². The number of hydrogen-bond donors (Lipinski definition) is 1. The maximum Gasteiger partial charge on any atom is 0.228 e. The fourth-order valence-corrected chi connectivity index (χ4v) is 4.12. The number of hydrogen-bond acceptors (Lipinski definition) is 5. The van der Waals surface area contributed by atoms with Crippen molar-refractivity contribution in [3.63, 3.8) is 0 Å². The highest BCUT2D eigenvalue weighted by Crippen LogP contribution is 2.29. The first-order valence-electron chi connectivity index (χ1n) is 8.65. The molecule has 0 bridgehead atoms. The Hall–Kier alpha value is -1.73. The van der Waals surface area contributed by atoms with E-state index in [1.165, 1.54) is 0 Å². The molecule has 0 saturated carbocycles. The van der Waals surface area contributed by atoms with Crippen LogP contribution >= 0.6 is 23.4 Å². The van der Waals surface area contributed by atoms with Gasteiger partial charge in [-0.2, -0.15) is 16.7 Å². The highest BCUT2D eigenvalue weighted by molar-refractivity contribution is 8.00. The van der Waals surface area contributed by atoms with Gasteiger partial charge in [-0.25, -0.2) is 0 Å². The van der Waals surface area contributed by atoms with Crippen LogP contribution in [-0.2, 0) is 6.42 Å². The summed E-state index contributed by atoms with van der Waals surface area (Å²) < 4.78 is 5.60. The lowest BCUT2D eigenvalue weighted by Gasteiger charge is -2.39. The van der Waals surface area contributed by atoms with Crippen LogP contribution in [0.15, 0.2) is 33.8 Å². The summed E-state index contributed by atoms with van der Waals surface area (Å²) in [6.07, 6.45) is 0.644. The Bertz CT molecular complexity index is 759. The maximum atomic E-state index is 5.91. The smallest absolute Gasteiger partial charge is 0.228 e. The van der Waals surface area contributed by atoms with Crippen LogP contribution in [0.4, 0.5) is 0 Å². The van der Waals surface area contributed by atoms with Gasteiger partial charge in [-0.1, -0.05) is 16.8 Å². The van der Waals surface area contributed by atoms with Gasteiger partial charge in [-0.3, -0.25) is 4.99 Å². The van der Waals surface area contributed by atoms with E-state index < -0.39 is 0 Å². The van der Waals surface area contributed by atoms with Crippen LogP contribution in [-0.4, -0.2) is 58.2 Å². The molecule has 1 aromatic carbocycles. The summed E-state index contributed by atoms with van der Waals surface area (Å²) in [6, 6.07) is 7.40. The number of nitrogens with one attached hydrogen (secondary N) is 1. The first-order chi connectivity index (χ1) is 12.5. The van der Waals surface area contributed by atoms with Gasteiger partial charge in [0, 0.05) is 54.2 Å². The van der Waals surface area contributed by atoms with Crippen LogP contribution < -0.4 is 5.32 Å². The van der Waals surface area contributed by atoms with E-state index in [-0.39, 0.29) is 4.75 Å². The van der Waals surface area contributed by atoms with Crippen molar-refractivity contribution >= 4 is 29.3 Å². The van der Waals surface area contributed by atoms with Gasteiger partial charge >= 0.3 is 0 Å². The molecule has 1 aromatic heterocycles. The number of benzene rings is 1. The lowest BCUT2D eigenvalue weighted by molar-refractivity contribution is 0.367. The van der Waals surface area contributed by atoms with Crippen molar-refractivity contribution in [3.8, 4) is 11.4 Å². The SMILES string of the molecule is CN=C(NCCc1nc(-c2ccc(Cl)cc2)no1)N1CCSC(C)(C)C1. The van der Waals surface area contributed by atoms with Gasteiger partial charge in [0.15, 0.2) is 5.96 Å². The fourth-order valence-electron chi connectivity index (χ4n) is 2.88. The van der Waals surface area contributed by atoms with Gasteiger partial charge in [0.2, 0.25) is 11.7 Å². The van der Waals surface area contributed by atoms with E-state index >= 15 is 0 Å². The average Bonchev–Trinajstić information content (AvgIpc) is 3.07. The molecule has 0 spiro atoms. The molecular formula is C18H24ClN5OS. The van der Waals surface area contributed by atoms with E-state index in [4.69, 9.17) is 16.1 Å². The van der Waals surface area contributed by atoms with Crippen molar-refractivity contribution in [1.29, 1.82) is 0 Å². The Morgan fingerprint density at radius 1 is 1.38 bits per heavy atom. The van der Waals surface area contributed by atoms with Crippen LogP contribution in [0.5, 0.6) is 0 Å². The molecule has 1 fully saturated rings. The average molecular weight is 394 g/mol. The number of rotatable bonds is 4.